The highest BCUT2D eigenvalue weighted by atomic mass is 32.2. The monoisotopic (exact) mass is 226 g/mol. The average Bonchev–Trinajstić information content (AvgIpc) is 2.29. The molecule has 4 nitrogen and oxygen atoms in total. The van der Waals surface area contributed by atoms with E-state index < -0.39 is 0 Å². The SMILES string of the molecule is CCCN(CCC)c1ncnc(SC)n1. The van der Waals surface area contributed by atoms with Crippen LogP contribution in [-0.4, -0.2) is 34.3 Å². The number of nitrogens with zero attached hydrogens (tertiary/aromatic N) is 4. The maximum atomic E-state index is 4.40. The summed E-state index contributed by atoms with van der Waals surface area (Å²) in [5.41, 5.74) is 0. The van der Waals surface area contributed by atoms with Crippen LogP contribution >= 0.6 is 11.8 Å². The van der Waals surface area contributed by atoms with Crippen LogP contribution in [0.1, 0.15) is 26.7 Å². The molecule has 15 heavy (non-hydrogen) atoms. The summed E-state index contributed by atoms with van der Waals surface area (Å²) in [7, 11) is 0. The molecule has 1 heterocycles. The number of thioether (sulfide) groups is 1. The van der Waals surface area contributed by atoms with Gasteiger partial charge in [0.2, 0.25) is 5.95 Å². The molecule has 1 rings (SSSR count). The number of hydrogen-bond acceptors (Lipinski definition) is 5. The third-order valence-corrected chi connectivity index (χ3v) is 2.55. The average molecular weight is 226 g/mol. The third kappa shape index (κ3) is 3.66. The minimum Gasteiger partial charge on any atom is -0.341 e. The predicted octanol–water partition coefficient (Wildman–Crippen LogP) is 2.22. The lowest BCUT2D eigenvalue weighted by atomic mass is 10.4. The van der Waals surface area contributed by atoms with Gasteiger partial charge in [0.15, 0.2) is 5.16 Å². The van der Waals surface area contributed by atoms with Crippen molar-refractivity contribution in [2.75, 3.05) is 24.2 Å². The largest absolute Gasteiger partial charge is 0.341 e. The lowest BCUT2D eigenvalue weighted by molar-refractivity contribution is 0.706. The van der Waals surface area contributed by atoms with Crippen molar-refractivity contribution in [3.8, 4) is 0 Å². The van der Waals surface area contributed by atoms with Gasteiger partial charge in [-0.15, -0.1) is 0 Å². The molecule has 0 spiro atoms. The van der Waals surface area contributed by atoms with E-state index in [-0.39, 0.29) is 0 Å². The van der Waals surface area contributed by atoms with Gasteiger partial charge in [0.05, 0.1) is 0 Å². The number of aromatic nitrogens is 3. The first-order chi connectivity index (χ1) is 7.31. The van der Waals surface area contributed by atoms with E-state index >= 15 is 0 Å². The molecule has 0 aliphatic carbocycles. The molecule has 0 fully saturated rings. The van der Waals surface area contributed by atoms with Gasteiger partial charge in [-0.2, -0.15) is 4.98 Å². The fourth-order valence-electron chi connectivity index (χ4n) is 1.38. The second-order valence-electron chi connectivity index (χ2n) is 3.26. The van der Waals surface area contributed by atoms with Crippen molar-refractivity contribution in [2.24, 2.45) is 0 Å². The van der Waals surface area contributed by atoms with Crippen LogP contribution in [0.3, 0.4) is 0 Å². The molecule has 0 aliphatic rings. The quantitative estimate of drug-likeness (QED) is 0.696. The normalized spacial score (nSPS) is 10.3. The van der Waals surface area contributed by atoms with Crippen LogP contribution < -0.4 is 4.90 Å². The number of anilines is 1. The Morgan fingerprint density at radius 3 is 2.40 bits per heavy atom. The highest BCUT2D eigenvalue weighted by Crippen LogP contribution is 2.12. The van der Waals surface area contributed by atoms with E-state index in [1.807, 2.05) is 6.26 Å². The van der Waals surface area contributed by atoms with E-state index in [1.165, 1.54) is 0 Å². The Balaban J connectivity index is 2.79. The summed E-state index contributed by atoms with van der Waals surface area (Å²) in [6, 6.07) is 0. The molecule has 0 N–H and O–H groups in total. The van der Waals surface area contributed by atoms with Crippen molar-refractivity contribution in [1.29, 1.82) is 0 Å². The van der Waals surface area contributed by atoms with Crippen LogP contribution in [0.25, 0.3) is 0 Å². The number of hydrogen-bond donors (Lipinski definition) is 0. The molecule has 1 aromatic heterocycles. The first-order valence-corrected chi connectivity index (χ1v) is 6.52. The van der Waals surface area contributed by atoms with Crippen molar-refractivity contribution < 1.29 is 0 Å². The van der Waals surface area contributed by atoms with E-state index in [4.69, 9.17) is 0 Å². The summed E-state index contributed by atoms with van der Waals surface area (Å²) in [6.45, 7) is 6.34. The molecule has 0 radical (unpaired) electrons. The van der Waals surface area contributed by atoms with Crippen molar-refractivity contribution >= 4 is 17.7 Å². The first kappa shape index (κ1) is 12.2. The Hall–Kier alpha value is -0.840. The lowest BCUT2D eigenvalue weighted by Gasteiger charge is -2.20. The van der Waals surface area contributed by atoms with Gasteiger partial charge in [0.25, 0.3) is 0 Å². The molecule has 0 atom stereocenters. The van der Waals surface area contributed by atoms with Gasteiger partial charge in [-0.05, 0) is 19.1 Å². The molecule has 84 valence electrons. The summed E-state index contributed by atoms with van der Waals surface area (Å²) in [5, 5.41) is 0.789. The van der Waals surface area contributed by atoms with Crippen molar-refractivity contribution in [2.45, 2.75) is 31.8 Å². The van der Waals surface area contributed by atoms with Gasteiger partial charge in [-0.3, -0.25) is 0 Å². The summed E-state index contributed by atoms with van der Waals surface area (Å²) >= 11 is 1.55. The minimum atomic E-state index is 0.789. The van der Waals surface area contributed by atoms with Crippen molar-refractivity contribution in [3.05, 3.63) is 6.33 Å². The summed E-state index contributed by atoms with van der Waals surface area (Å²) in [6.07, 6.45) is 5.79. The molecule has 0 bridgehead atoms. The topological polar surface area (TPSA) is 41.9 Å². The molecule has 0 unspecified atom stereocenters. The second-order valence-corrected chi connectivity index (χ2v) is 4.03. The van der Waals surface area contributed by atoms with Gasteiger partial charge in [0.1, 0.15) is 6.33 Å². The van der Waals surface area contributed by atoms with Gasteiger partial charge >= 0.3 is 0 Å². The summed E-state index contributed by atoms with van der Waals surface area (Å²) in [4.78, 5) is 14.9. The van der Waals surface area contributed by atoms with Gasteiger partial charge in [-0.1, -0.05) is 25.6 Å². The van der Waals surface area contributed by atoms with E-state index in [9.17, 15) is 0 Å². The molecule has 1 aromatic rings. The predicted molar refractivity (Wildman–Crippen MR) is 64.4 cm³/mol. The Morgan fingerprint density at radius 1 is 1.20 bits per heavy atom. The van der Waals surface area contributed by atoms with E-state index in [1.54, 1.807) is 18.1 Å². The van der Waals surface area contributed by atoms with Crippen LogP contribution in [-0.2, 0) is 0 Å². The van der Waals surface area contributed by atoms with E-state index in [0.29, 0.717) is 0 Å². The van der Waals surface area contributed by atoms with E-state index in [2.05, 4.69) is 33.7 Å². The van der Waals surface area contributed by atoms with Crippen molar-refractivity contribution in [1.82, 2.24) is 15.0 Å². The van der Waals surface area contributed by atoms with Crippen molar-refractivity contribution in [3.63, 3.8) is 0 Å². The fourth-order valence-corrected chi connectivity index (χ4v) is 1.70. The fraction of sp³-hybridized carbons (Fsp3) is 0.700. The maximum absolute atomic E-state index is 4.40. The molecule has 0 saturated heterocycles. The Labute approximate surface area is 95.5 Å². The standard InChI is InChI=1S/C10H18N4S/c1-4-6-14(7-5-2)9-11-8-12-10(13-9)15-3/h8H,4-7H2,1-3H3. The molecular weight excluding hydrogens is 208 g/mol. The van der Waals surface area contributed by atoms with Crippen LogP contribution in [0.5, 0.6) is 0 Å². The zero-order valence-electron chi connectivity index (χ0n) is 9.60. The molecule has 0 amide bonds. The summed E-state index contributed by atoms with van der Waals surface area (Å²) < 4.78 is 0. The van der Waals surface area contributed by atoms with Gasteiger partial charge in [0, 0.05) is 13.1 Å². The highest BCUT2D eigenvalue weighted by molar-refractivity contribution is 7.98. The minimum absolute atomic E-state index is 0.789. The smallest absolute Gasteiger partial charge is 0.229 e. The maximum Gasteiger partial charge on any atom is 0.229 e. The molecule has 5 heteroatoms. The van der Waals surface area contributed by atoms with Crippen LogP contribution in [0.15, 0.2) is 11.5 Å². The molecule has 0 aromatic carbocycles. The Kier molecular flexibility index (Phi) is 5.39. The Morgan fingerprint density at radius 2 is 1.87 bits per heavy atom. The van der Waals surface area contributed by atoms with Crippen LogP contribution in [0.2, 0.25) is 0 Å². The molecule has 0 aliphatic heterocycles. The first-order valence-electron chi connectivity index (χ1n) is 5.29. The highest BCUT2D eigenvalue weighted by Gasteiger charge is 2.08. The Bertz CT molecular complexity index is 287. The van der Waals surface area contributed by atoms with Crippen LogP contribution in [0, 0.1) is 0 Å². The lowest BCUT2D eigenvalue weighted by Crippen LogP contribution is -2.27. The summed E-state index contributed by atoms with van der Waals surface area (Å²) in [5.74, 6) is 0.804. The van der Waals surface area contributed by atoms with Crippen LogP contribution in [0.4, 0.5) is 5.95 Å². The zero-order chi connectivity index (χ0) is 11.1. The van der Waals surface area contributed by atoms with Gasteiger partial charge < -0.3 is 4.90 Å². The van der Waals surface area contributed by atoms with Gasteiger partial charge in [-0.25, -0.2) is 9.97 Å². The number of rotatable bonds is 6. The zero-order valence-corrected chi connectivity index (χ0v) is 10.4. The van der Waals surface area contributed by atoms with E-state index in [0.717, 1.165) is 37.0 Å². The third-order valence-electron chi connectivity index (χ3n) is 1.99. The second kappa shape index (κ2) is 6.61. The molecular formula is C10H18N4S. The molecule has 0 saturated carbocycles.